The van der Waals surface area contributed by atoms with Crippen molar-refractivity contribution in [2.45, 2.75) is 26.2 Å². The summed E-state index contributed by atoms with van der Waals surface area (Å²) in [4.78, 5) is 0. The van der Waals surface area contributed by atoms with Crippen molar-refractivity contribution in [2.75, 3.05) is 6.61 Å². The first-order chi connectivity index (χ1) is 6.74. The summed E-state index contributed by atoms with van der Waals surface area (Å²) >= 11 is 11.6. The highest BCUT2D eigenvalue weighted by atomic mass is 35.5. The van der Waals surface area contributed by atoms with Gasteiger partial charge in [-0.2, -0.15) is 0 Å². The predicted molar refractivity (Wildman–Crippen MR) is 61.5 cm³/mol. The molecule has 14 heavy (non-hydrogen) atoms. The molecule has 0 aliphatic carbocycles. The van der Waals surface area contributed by atoms with Gasteiger partial charge in [0.05, 0.1) is 16.7 Å². The molecular formula is C11H14Cl2O. The van der Waals surface area contributed by atoms with Gasteiger partial charge in [0.15, 0.2) is 0 Å². The third-order valence-corrected chi connectivity index (χ3v) is 2.65. The second-order valence-corrected chi connectivity index (χ2v) is 3.95. The fraction of sp³-hybridized carbons (Fsp3) is 0.455. The second-order valence-electron chi connectivity index (χ2n) is 3.13. The van der Waals surface area contributed by atoms with Crippen molar-refractivity contribution in [1.82, 2.24) is 0 Å². The molecule has 0 saturated carbocycles. The van der Waals surface area contributed by atoms with Crippen molar-refractivity contribution >= 4 is 23.2 Å². The van der Waals surface area contributed by atoms with Gasteiger partial charge in [-0.05, 0) is 18.6 Å². The van der Waals surface area contributed by atoms with Gasteiger partial charge in [-0.3, -0.25) is 0 Å². The van der Waals surface area contributed by atoms with E-state index in [0.29, 0.717) is 10.0 Å². The summed E-state index contributed by atoms with van der Waals surface area (Å²) in [7, 11) is 0. The Kier molecular flexibility index (Phi) is 5.13. The van der Waals surface area contributed by atoms with Crippen LogP contribution in [0.1, 0.15) is 26.2 Å². The van der Waals surface area contributed by atoms with Crippen LogP contribution in [0.15, 0.2) is 18.2 Å². The molecule has 3 heteroatoms. The maximum absolute atomic E-state index is 5.84. The van der Waals surface area contributed by atoms with E-state index in [0.717, 1.165) is 18.8 Å². The normalized spacial score (nSPS) is 10.2. The van der Waals surface area contributed by atoms with Crippen LogP contribution in [0, 0.1) is 0 Å². The Labute approximate surface area is 95.0 Å². The van der Waals surface area contributed by atoms with Gasteiger partial charge in [0.2, 0.25) is 0 Å². The van der Waals surface area contributed by atoms with Crippen molar-refractivity contribution < 1.29 is 4.74 Å². The van der Waals surface area contributed by atoms with E-state index in [1.807, 2.05) is 6.07 Å². The number of rotatable bonds is 5. The lowest BCUT2D eigenvalue weighted by molar-refractivity contribution is 0.306. The molecule has 0 amide bonds. The summed E-state index contributed by atoms with van der Waals surface area (Å²) in [5, 5.41) is 1.10. The average Bonchev–Trinajstić information content (AvgIpc) is 2.18. The minimum absolute atomic E-state index is 0.541. The molecule has 0 heterocycles. The number of ether oxygens (including phenoxy) is 1. The number of unbranched alkanes of at least 4 members (excludes halogenated alkanes) is 2. The third kappa shape index (κ3) is 3.77. The molecular weight excluding hydrogens is 219 g/mol. The van der Waals surface area contributed by atoms with Crippen molar-refractivity contribution in [3.63, 3.8) is 0 Å². The summed E-state index contributed by atoms with van der Waals surface area (Å²) in [6.45, 7) is 2.91. The Hall–Kier alpha value is -0.400. The van der Waals surface area contributed by atoms with Crippen LogP contribution in [-0.4, -0.2) is 6.61 Å². The van der Waals surface area contributed by atoms with Crippen LogP contribution in [0.5, 0.6) is 5.75 Å². The van der Waals surface area contributed by atoms with Gasteiger partial charge in [0, 0.05) is 6.07 Å². The van der Waals surface area contributed by atoms with Crippen LogP contribution in [0.3, 0.4) is 0 Å². The molecule has 0 N–H and O–H groups in total. The zero-order valence-corrected chi connectivity index (χ0v) is 9.74. The Morgan fingerprint density at radius 3 is 2.57 bits per heavy atom. The Morgan fingerprint density at radius 1 is 1.14 bits per heavy atom. The highest BCUT2D eigenvalue weighted by molar-refractivity contribution is 6.42. The first-order valence-electron chi connectivity index (χ1n) is 4.82. The van der Waals surface area contributed by atoms with Gasteiger partial charge >= 0.3 is 0 Å². The molecule has 0 aliphatic heterocycles. The largest absolute Gasteiger partial charge is 0.494 e. The number of halogens is 2. The highest BCUT2D eigenvalue weighted by Gasteiger charge is 1.99. The molecule has 1 rings (SSSR count). The molecule has 0 unspecified atom stereocenters. The lowest BCUT2D eigenvalue weighted by Crippen LogP contribution is -1.96. The van der Waals surface area contributed by atoms with E-state index < -0.39 is 0 Å². The van der Waals surface area contributed by atoms with Gasteiger partial charge < -0.3 is 4.74 Å². The summed E-state index contributed by atoms with van der Waals surface area (Å²) in [6.07, 6.45) is 3.48. The summed E-state index contributed by atoms with van der Waals surface area (Å²) in [5.74, 6) is 0.788. The number of hydrogen-bond acceptors (Lipinski definition) is 1. The van der Waals surface area contributed by atoms with E-state index in [1.165, 1.54) is 12.8 Å². The molecule has 0 aromatic heterocycles. The van der Waals surface area contributed by atoms with Crippen molar-refractivity contribution in [3.8, 4) is 5.75 Å². The SMILES string of the molecule is CCCCCOc1ccc(Cl)c(Cl)c1. The van der Waals surface area contributed by atoms with Crippen LogP contribution in [0.2, 0.25) is 10.0 Å². The maximum Gasteiger partial charge on any atom is 0.120 e. The molecule has 0 radical (unpaired) electrons. The molecule has 1 nitrogen and oxygen atoms in total. The van der Waals surface area contributed by atoms with Crippen molar-refractivity contribution in [2.24, 2.45) is 0 Å². The quantitative estimate of drug-likeness (QED) is 0.677. The molecule has 1 aromatic rings. The van der Waals surface area contributed by atoms with Crippen LogP contribution in [0.25, 0.3) is 0 Å². The van der Waals surface area contributed by atoms with Gasteiger partial charge in [0.25, 0.3) is 0 Å². The fourth-order valence-corrected chi connectivity index (χ4v) is 1.40. The molecule has 1 aromatic carbocycles. The van der Waals surface area contributed by atoms with Gasteiger partial charge in [0.1, 0.15) is 5.75 Å². The molecule has 0 aliphatic rings. The van der Waals surface area contributed by atoms with E-state index in [1.54, 1.807) is 12.1 Å². The topological polar surface area (TPSA) is 9.23 Å². The van der Waals surface area contributed by atoms with Gasteiger partial charge in [-0.25, -0.2) is 0 Å². The van der Waals surface area contributed by atoms with Crippen LogP contribution < -0.4 is 4.74 Å². The van der Waals surface area contributed by atoms with Crippen molar-refractivity contribution in [1.29, 1.82) is 0 Å². The van der Waals surface area contributed by atoms with E-state index in [2.05, 4.69) is 6.92 Å². The maximum atomic E-state index is 5.84. The second kappa shape index (κ2) is 6.15. The molecule has 0 atom stereocenters. The Morgan fingerprint density at radius 2 is 1.93 bits per heavy atom. The van der Waals surface area contributed by atoms with Crippen molar-refractivity contribution in [3.05, 3.63) is 28.2 Å². The van der Waals surface area contributed by atoms with E-state index in [-0.39, 0.29) is 0 Å². The minimum Gasteiger partial charge on any atom is -0.494 e. The molecule has 0 saturated heterocycles. The first kappa shape index (κ1) is 11.7. The smallest absolute Gasteiger partial charge is 0.120 e. The van der Waals surface area contributed by atoms with Crippen LogP contribution in [-0.2, 0) is 0 Å². The van der Waals surface area contributed by atoms with E-state index in [4.69, 9.17) is 27.9 Å². The number of benzene rings is 1. The van der Waals surface area contributed by atoms with Gasteiger partial charge in [-0.15, -0.1) is 0 Å². The lowest BCUT2D eigenvalue weighted by atomic mass is 10.3. The summed E-state index contributed by atoms with van der Waals surface area (Å²) in [6, 6.07) is 5.33. The number of hydrogen-bond donors (Lipinski definition) is 0. The zero-order valence-electron chi connectivity index (χ0n) is 8.22. The average molecular weight is 233 g/mol. The molecule has 0 fully saturated rings. The summed E-state index contributed by atoms with van der Waals surface area (Å²) < 4.78 is 5.50. The standard InChI is InChI=1S/C11H14Cl2O/c1-2-3-4-7-14-9-5-6-10(12)11(13)8-9/h5-6,8H,2-4,7H2,1H3. The third-order valence-electron chi connectivity index (χ3n) is 1.91. The van der Waals surface area contributed by atoms with Gasteiger partial charge in [-0.1, -0.05) is 43.0 Å². The monoisotopic (exact) mass is 232 g/mol. The summed E-state index contributed by atoms with van der Waals surface area (Å²) in [5.41, 5.74) is 0. The first-order valence-corrected chi connectivity index (χ1v) is 5.57. The van der Waals surface area contributed by atoms with Crippen LogP contribution >= 0.6 is 23.2 Å². The molecule has 78 valence electrons. The van der Waals surface area contributed by atoms with E-state index >= 15 is 0 Å². The van der Waals surface area contributed by atoms with Crippen LogP contribution in [0.4, 0.5) is 0 Å². The minimum atomic E-state index is 0.541. The molecule has 0 bridgehead atoms. The predicted octanol–water partition coefficient (Wildman–Crippen LogP) is 4.56. The van der Waals surface area contributed by atoms with E-state index in [9.17, 15) is 0 Å². The lowest BCUT2D eigenvalue weighted by Gasteiger charge is -2.06. The highest BCUT2D eigenvalue weighted by Crippen LogP contribution is 2.26. The Balaban J connectivity index is 2.39. The zero-order chi connectivity index (χ0) is 10.4. The fourth-order valence-electron chi connectivity index (χ4n) is 1.11. The Bertz CT molecular complexity index is 287. The molecule has 0 spiro atoms.